The van der Waals surface area contributed by atoms with Crippen molar-refractivity contribution < 1.29 is 4.79 Å². The number of hydrogen-bond acceptors (Lipinski definition) is 4. The minimum absolute atomic E-state index is 0.441. The zero-order valence-electron chi connectivity index (χ0n) is 8.13. The lowest BCUT2D eigenvalue weighted by Crippen LogP contribution is -1.89. The third kappa shape index (κ3) is 2.40. The molecule has 0 aliphatic rings. The maximum absolute atomic E-state index is 10.9. The monoisotopic (exact) mass is 250 g/mol. The molecule has 0 unspecified atom stereocenters. The van der Waals surface area contributed by atoms with Crippen LogP contribution in [0.3, 0.4) is 0 Å². The van der Waals surface area contributed by atoms with Gasteiger partial charge in [0, 0.05) is 22.9 Å². The molecule has 0 aliphatic carbocycles. The van der Waals surface area contributed by atoms with Crippen molar-refractivity contribution in [3.8, 4) is 0 Å². The minimum Gasteiger partial charge on any atom is -0.298 e. The molecule has 0 aliphatic heterocycles. The lowest BCUT2D eigenvalue weighted by molar-refractivity contribution is 0.112. The van der Waals surface area contributed by atoms with Crippen LogP contribution in [-0.2, 0) is 0 Å². The average Bonchev–Trinajstić information content (AvgIpc) is 2.31. The van der Waals surface area contributed by atoms with Gasteiger partial charge in [0.15, 0.2) is 11.4 Å². The Labute approximate surface area is 102 Å². The Balaban J connectivity index is 2.35. The normalized spacial score (nSPS) is 10.1. The summed E-state index contributed by atoms with van der Waals surface area (Å²) in [4.78, 5) is 19.8. The highest BCUT2D eigenvalue weighted by Gasteiger charge is 2.08. The fraction of sp³-hybridized carbons (Fsp3) is 0. The summed E-state index contributed by atoms with van der Waals surface area (Å²) in [6, 6.07) is 7.03. The molecule has 80 valence electrons. The van der Waals surface area contributed by atoms with E-state index in [1.807, 2.05) is 6.07 Å². The van der Waals surface area contributed by atoms with Gasteiger partial charge in [0.2, 0.25) is 0 Å². The molecule has 2 aromatic rings. The molecule has 0 saturated heterocycles. The maximum Gasteiger partial charge on any atom is 0.192 e. The zero-order chi connectivity index (χ0) is 11.4. The SMILES string of the molecule is O=Cc1c(Cl)cccc1Sc1ncccn1. The van der Waals surface area contributed by atoms with Crippen molar-refractivity contribution in [2.24, 2.45) is 0 Å². The first-order chi connectivity index (χ1) is 7.81. The van der Waals surface area contributed by atoms with E-state index >= 15 is 0 Å². The van der Waals surface area contributed by atoms with Gasteiger partial charge in [0.05, 0.1) is 5.02 Å². The van der Waals surface area contributed by atoms with E-state index in [4.69, 9.17) is 11.6 Å². The van der Waals surface area contributed by atoms with Gasteiger partial charge in [0.1, 0.15) is 0 Å². The molecule has 0 bridgehead atoms. The molecular formula is C11H7ClN2OS. The van der Waals surface area contributed by atoms with Crippen LogP contribution < -0.4 is 0 Å². The van der Waals surface area contributed by atoms with Crippen LogP contribution in [-0.4, -0.2) is 16.3 Å². The number of carbonyl (C=O) groups excluding carboxylic acids is 1. The van der Waals surface area contributed by atoms with Gasteiger partial charge in [-0.2, -0.15) is 0 Å². The lowest BCUT2D eigenvalue weighted by atomic mass is 10.2. The molecule has 0 atom stereocenters. The number of aldehydes is 1. The first-order valence-electron chi connectivity index (χ1n) is 4.50. The van der Waals surface area contributed by atoms with Crippen molar-refractivity contribution in [1.82, 2.24) is 9.97 Å². The molecule has 0 fully saturated rings. The standard InChI is InChI=1S/C11H7ClN2OS/c12-9-3-1-4-10(8(9)7-15)16-11-13-5-2-6-14-11/h1-7H. The third-order valence-electron chi connectivity index (χ3n) is 1.87. The van der Waals surface area contributed by atoms with E-state index in [2.05, 4.69) is 9.97 Å². The van der Waals surface area contributed by atoms with E-state index < -0.39 is 0 Å². The van der Waals surface area contributed by atoms with Crippen molar-refractivity contribution in [2.45, 2.75) is 10.1 Å². The van der Waals surface area contributed by atoms with Crippen molar-refractivity contribution >= 4 is 29.6 Å². The minimum atomic E-state index is 0.441. The fourth-order valence-electron chi connectivity index (χ4n) is 1.16. The third-order valence-corrected chi connectivity index (χ3v) is 3.17. The number of aromatic nitrogens is 2. The van der Waals surface area contributed by atoms with Crippen LogP contribution in [0.1, 0.15) is 10.4 Å². The summed E-state index contributed by atoms with van der Waals surface area (Å²) in [6.45, 7) is 0. The Kier molecular flexibility index (Phi) is 3.54. The van der Waals surface area contributed by atoms with E-state index in [1.165, 1.54) is 11.8 Å². The van der Waals surface area contributed by atoms with Gasteiger partial charge in [-0.1, -0.05) is 17.7 Å². The van der Waals surface area contributed by atoms with E-state index in [-0.39, 0.29) is 0 Å². The summed E-state index contributed by atoms with van der Waals surface area (Å²) < 4.78 is 0. The van der Waals surface area contributed by atoms with Gasteiger partial charge in [-0.15, -0.1) is 0 Å². The van der Waals surface area contributed by atoms with Crippen LogP contribution in [0.2, 0.25) is 5.02 Å². The number of nitrogens with zero attached hydrogens (tertiary/aromatic N) is 2. The molecule has 0 spiro atoms. The van der Waals surface area contributed by atoms with E-state index in [0.717, 1.165) is 11.2 Å². The fourth-order valence-corrected chi connectivity index (χ4v) is 2.27. The predicted molar refractivity (Wildman–Crippen MR) is 63.0 cm³/mol. The molecule has 1 heterocycles. The highest BCUT2D eigenvalue weighted by Crippen LogP contribution is 2.30. The first-order valence-corrected chi connectivity index (χ1v) is 5.69. The van der Waals surface area contributed by atoms with E-state index in [1.54, 1.807) is 30.6 Å². The summed E-state index contributed by atoms with van der Waals surface area (Å²) in [7, 11) is 0. The molecule has 0 N–H and O–H groups in total. The molecule has 1 aromatic heterocycles. The van der Waals surface area contributed by atoms with E-state index in [0.29, 0.717) is 15.7 Å². The highest BCUT2D eigenvalue weighted by atomic mass is 35.5. The van der Waals surface area contributed by atoms with Crippen LogP contribution in [0.4, 0.5) is 0 Å². The highest BCUT2D eigenvalue weighted by molar-refractivity contribution is 7.99. The van der Waals surface area contributed by atoms with Crippen LogP contribution in [0.25, 0.3) is 0 Å². The summed E-state index contributed by atoms with van der Waals surface area (Å²) >= 11 is 7.23. The van der Waals surface area contributed by atoms with Crippen molar-refractivity contribution in [3.05, 3.63) is 47.2 Å². The molecule has 1 aromatic carbocycles. The number of halogens is 1. The van der Waals surface area contributed by atoms with Crippen LogP contribution in [0, 0.1) is 0 Å². The van der Waals surface area contributed by atoms with Gasteiger partial charge >= 0.3 is 0 Å². The first kappa shape index (κ1) is 11.1. The Bertz CT molecular complexity index is 505. The number of rotatable bonds is 3. The second kappa shape index (κ2) is 5.09. The van der Waals surface area contributed by atoms with E-state index in [9.17, 15) is 4.79 Å². The molecule has 16 heavy (non-hydrogen) atoms. The molecule has 0 amide bonds. The van der Waals surface area contributed by atoms with Crippen molar-refractivity contribution in [3.63, 3.8) is 0 Å². The van der Waals surface area contributed by atoms with Crippen LogP contribution >= 0.6 is 23.4 Å². The second-order valence-electron chi connectivity index (χ2n) is 2.90. The Morgan fingerprint density at radius 3 is 2.62 bits per heavy atom. The topological polar surface area (TPSA) is 42.9 Å². The smallest absolute Gasteiger partial charge is 0.192 e. The van der Waals surface area contributed by atoms with Crippen molar-refractivity contribution in [2.75, 3.05) is 0 Å². The van der Waals surface area contributed by atoms with Gasteiger partial charge in [-0.25, -0.2) is 9.97 Å². The van der Waals surface area contributed by atoms with Gasteiger partial charge < -0.3 is 0 Å². The van der Waals surface area contributed by atoms with Gasteiger partial charge in [0.25, 0.3) is 0 Å². The molecule has 0 radical (unpaired) electrons. The summed E-state index contributed by atoms with van der Waals surface area (Å²) in [5.41, 5.74) is 0.474. The lowest BCUT2D eigenvalue weighted by Gasteiger charge is -2.04. The predicted octanol–water partition coefficient (Wildman–Crippen LogP) is 3.09. The summed E-state index contributed by atoms with van der Waals surface area (Å²) in [5.74, 6) is 0. The van der Waals surface area contributed by atoms with Gasteiger partial charge in [-0.3, -0.25) is 4.79 Å². The molecular weight excluding hydrogens is 244 g/mol. The Morgan fingerprint density at radius 2 is 1.94 bits per heavy atom. The zero-order valence-corrected chi connectivity index (χ0v) is 9.70. The number of hydrogen-bond donors (Lipinski definition) is 0. The summed E-state index contributed by atoms with van der Waals surface area (Å²) in [6.07, 6.45) is 4.05. The Hall–Kier alpha value is -1.39. The number of carbonyl (C=O) groups is 1. The molecule has 0 saturated carbocycles. The molecule has 3 nitrogen and oxygen atoms in total. The molecule has 5 heteroatoms. The van der Waals surface area contributed by atoms with Crippen LogP contribution in [0.15, 0.2) is 46.7 Å². The molecule has 2 rings (SSSR count). The Morgan fingerprint density at radius 1 is 1.19 bits per heavy atom. The maximum atomic E-state index is 10.9. The largest absolute Gasteiger partial charge is 0.298 e. The average molecular weight is 251 g/mol. The quantitative estimate of drug-likeness (QED) is 0.620. The van der Waals surface area contributed by atoms with Crippen molar-refractivity contribution in [1.29, 1.82) is 0 Å². The number of benzene rings is 1. The second-order valence-corrected chi connectivity index (χ2v) is 4.32. The van der Waals surface area contributed by atoms with Gasteiger partial charge in [-0.05, 0) is 30.0 Å². The summed E-state index contributed by atoms with van der Waals surface area (Å²) in [5, 5.41) is 1.03. The van der Waals surface area contributed by atoms with Crippen LogP contribution in [0.5, 0.6) is 0 Å².